The Morgan fingerprint density at radius 2 is 1.00 bits per heavy atom. The first-order chi connectivity index (χ1) is 12.7. The van der Waals surface area contributed by atoms with E-state index in [0.29, 0.717) is 25.9 Å². The van der Waals surface area contributed by atoms with E-state index in [9.17, 15) is 29.8 Å². The first-order valence-corrected chi connectivity index (χ1v) is 9.50. The molecule has 0 bridgehead atoms. The number of nitrogens with zero attached hydrogens (tertiary/aromatic N) is 4. The van der Waals surface area contributed by atoms with Gasteiger partial charge in [0, 0.05) is 64.5 Å². The molecule has 0 aliphatic carbocycles. The number of hydrogen-bond donors (Lipinski definition) is 0. The molecule has 28 heavy (non-hydrogen) atoms. The van der Waals surface area contributed by atoms with Gasteiger partial charge in [0.15, 0.2) is 0 Å². The molecule has 0 fully saturated rings. The van der Waals surface area contributed by atoms with Crippen LogP contribution < -0.4 is 0 Å². The quantitative estimate of drug-likeness (QED) is 0.264. The monoisotopic (exact) mass is 402 g/mol. The predicted molar refractivity (Wildman–Crippen MR) is 105 cm³/mol. The summed E-state index contributed by atoms with van der Waals surface area (Å²) in [5.74, 6) is -0.389. The molecule has 0 spiro atoms. The van der Waals surface area contributed by atoms with Crippen molar-refractivity contribution in [2.45, 2.75) is 78.3 Å². The standard InChI is InChI=1S/C18H34N4O6/c1-15(23)19(13-17(3,4)21(25)26)11-9-7-8-10-12-20(16(2)24)14-18(5,6)22(27)28/h7-14H2,1-6H3. The lowest BCUT2D eigenvalue weighted by atomic mass is 10.0. The number of nitro groups is 2. The zero-order valence-electron chi connectivity index (χ0n) is 17.9. The first kappa shape index (κ1) is 25.7. The summed E-state index contributed by atoms with van der Waals surface area (Å²) in [5, 5.41) is 22.1. The number of hydrogen-bond acceptors (Lipinski definition) is 6. The molecule has 0 saturated carbocycles. The summed E-state index contributed by atoms with van der Waals surface area (Å²) in [4.78, 5) is 47.8. The average molecular weight is 402 g/mol. The van der Waals surface area contributed by atoms with Gasteiger partial charge in [-0.3, -0.25) is 29.8 Å². The molecule has 0 aliphatic heterocycles. The van der Waals surface area contributed by atoms with Gasteiger partial charge in [0.2, 0.25) is 22.9 Å². The van der Waals surface area contributed by atoms with Crippen LogP contribution in [-0.4, -0.2) is 68.7 Å². The Labute approximate surface area is 166 Å². The van der Waals surface area contributed by atoms with Crippen LogP contribution in [0.25, 0.3) is 0 Å². The third-order valence-electron chi connectivity index (χ3n) is 4.64. The molecule has 0 heterocycles. The van der Waals surface area contributed by atoms with Crippen LogP contribution in [0.3, 0.4) is 0 Å². The third-order valence-corrected chi connectivity index (χ3v) is 4.64. The van der Waals surface area contributed by atoms with Gasteiger partial charge < -0.3 is 9.80 Å². The maximum Gasteiger partial charge on any atom is 0.234 e. The van der Waals surface area contributed by atoms with Crippen molar-refractivity contribution >= 4 is 11.8 Å². The van der Waals surface area contributed by atoms with Crippen molar-refractivity contribution in [3.63, 3.8) is 0 Å². The number of carbonyl (C=O) groups excluding carboxylic acids is 2. The average Bonchev–Trinajstić information content (AvgIpc) is 2.54. The van der Waals surface area contributed by atoms with E-state index >= 15 is 0 Å². The number of rotatable bonds is 13. The maximum absolute atomic E-state index is 11.7. The van der Waals surface area contributed by atoms with Gasteiger partial charge in [-0.05, 0) is 12.8 Å². The van der Waals surface area contributed by atoms with Crippen molar-refractivity contribution in [3.05, 3.63) is 20.2 Å². The van der Waals surface area contributed by atoms with E-state index in [-0.39, 0.29) is 34.8 Å². The summed E-state index contributed by atoms with van der Waals surface area (Å²) >= 11 is 0. The van der Waals surface area contributed by atoms with Crippen molar-refractivity contribution in [2.75, 3.05) is 26.2 Å². The molecule has 0 rings (SSSR count). The summed E-state index contributed by atoms with van der Waals surface area (Å²) < 4.78 is 0. The van der Waals surface area contributed by atoms with E-state index in [1.807, 2.05) is 0 Å². The molecule has 2 amide bonds. The highest BCUT2D eigenvalue weighted by molar-refractivity contribution is 5.73. The van der Waals surface area contributed by atoms with Gasteiger partial charge >= 0.3 is 0 Å². The van der Waals surface area contributed by atoms with E-state index in [1.165, 1.54) is 51.3 Å². The van der Waals surface area contributed by atoms with Gasteiger partial charge in [-0.1, -0.05) is 12.8 Å². The molecule has 10 nitrogen and oxygen atoms in total. The topological polar surface area (TPSA) is 127 Å². The summed E-state index contributed by atoms with van der Waals surface area (Å²) in [6.07, 6.45) is 3.00. The Morgan fingerprint density at radius 1 is 0.714 bits per heavy atom. The van der Waals surface area contributed by atoms with E-state index < -0.39 is 11.1 Å². The van der Waals surface area contributed by atoms with E-state index in [1.54, 1.807) is 0 Å². The molecule has 162 valence electrons. The minimum Gasteiger partial charge on any atom is -0.336 e. The van der Waals surface area contributed by atoms with E-state index in [0.717, 1.165) is 12.8 Å². The lowest BCUT2D eigenvalue weighted by Crippen LogP contribution is -2.46. The van der Waals surface area contributed by atoms with Gasteiger partial charge in [-0.2, -0.15) is 0 Å². The summed E-state index contributed by atoms with van der Waals surface area (Å²) in [6, 6.07) is 0. The lowest BCUT2D eigenvalue weighted by Gasteiger charge is -2.27. The number of unbranched alkanes of at least 4 members (excludes halogenated alkanes) is 3. The van der Waals surface area contributed by atoms with Gasteiger partial charge in [0.1, 0.15) is 0 Å². The minimum atomic E-state index is -1.20. The minimum absolute atomic E-state index is 0.0589. The normalized spacial score (nSPS) is 11.8. The van der Waals surface area contributed by atoms with Gasteiger partial charge in [0.25, 0.3) is 0 Å². The predicted octanol–water partition coefficient (Wildman–Crippen LogP) is 2.35. The highest BCUT2D eigenvalue weighted by Gasteiger charge is 2.35. The molecule has 0 radical (unpaired) electrons. The van der Waals surface area contributed by atoms with E-state index in [4.69, 9.17) is 0 Å². The zero-order chi connectivity index (χ0) is 22.1. The molecule has 0 N–H and O–H groups in total. The Balaban J connectivity index is 4.38. The Morgan fingerprint density at radius 3 is 1.21 bits per heavy atom. The van der Waals surface area contributed by atoms with Gasteiger partial charge in [0.05, 0.1) is 13.1 Å². The second-order valence-corrected chi connectivity index (χ2v) is 8.43. The fraction of sp³-hybridized carbons (Fsp3) is 0.889. The van der Waals surface area contributed by atoms with Crippen molar-refractivity contribution < 1.29 is 19.4 Å². The van der Waals surface area contributed by atoms with Crippen LogP contribution in [0.15, 0.2) is 0 Å². The van der Waals surface area contributed by atoms with Crippen molar-refractivity contribution in [3.8, 4) is 0 Å². The molecule has 0 atom stereocenters. The molecule has 0 unspecified atom stereocenters. The van der Waals surface area contributed by atoms with Crippen LogP contribution in [0.2, 0.25) is 0 Å². The highest BCUT2D eigenvalue weighted by atomic mass is 16.6. The van der Waals surface area contributed by atoms with Crippen LogP contribution >= 0.6 is 0 Å². The SMILES string of the molecule is CC(=O)N(CCCCCCN(CC(C)(C)[N+](=O)[O-])C(C)=O)CC(C)(C)[N+](=O)[O-]. The van der Waals surface area contributed by atoms with Gasteiger partial charge in [-0.15, -0.1) is 0 Å². The maximum atomic E-state index is 11.7. The van der Waals surface area contributed by atoms with Crippen molar-refractivity contribution in [1.82, 2.24) is 9.80 Å². The third kappa shape index (κ3) is 9.09. The summed E-state index contributed by atoms with van der Waals surface area (Å²) in [7, 11) is 0. The lowest BCUT2D eigenvalue weighted by molar-refractivity contribution is -0.560. The molecule has 0 aromatic rings. The Kier molecular flexibility index (Phi) is 10.0. The van der Waals surface area contributed by atoms with Crippen LogP contribution in [0.1, 0.15) is 67.2 Å². The molecule has 10 heteroatoms. The van der Waals surface area contributed by atoms with Crippen molar-refractivity contribution in [2.24, 2.45) is 0 Å². The Hall–Kier alpha value is -2.26. The fourth-order valence-electron chi connectivity index (χ4n) is 2.70. The summed E-state index contributed by atoms with van der Waals surface area (Å²) in [6.45, 7) is 9.77. The largest absolute Gasteiger partial charge is 0.336 e. The highest BCUT2D eigenvalue weighted by Crippen LogP contribution is 2.14. The molecular formula is C18H34N4O6. The molecule has 0 aliphatic rings. The van der Waals surface area contributed by atoms with E-state index in [2.05, 4.69) is 0 Å². The van der Waals surface area contributed by atoms with Gasteiger partial charge in [-0.25, -0.2) is 0 Å². The van der Waals surface area contributed by atoms with Crippen molar-refractivity contribution in [1.29, 1.82) is 0 Å². The molecule has 0 aromatic carbocycles. The van der Waals surface area contributed by atoms with Crippen LogP contribution in [0.5, 0.6) is 0 Å². The number of amides is 2. The molecule has 0 saturated heterocycles. The smallest absolute Gasteiger partial charge is 0.234 e. The van der Waals surface area contributed by atoms with Crippen LogP contribution in [0.4, 0.5) is 0 Å². The van der Waals surface area contributed by atoms with Crippen LogP contribution in [0, 0.1) is 20.2 Å². The zero-order valence-corrected chi connectivity index (χ0v) is 17.9. The molecular weight excluding hydrogens is 368 g/mol. The first-order valence-electron chi connectivity index (χ1n) is 9.50. The second kappa shape index (κ2) is 10.9. The molecule has 0 aromatic heterocycles. The van der Waals surface area contributed by atoms with Crippen LogP contribution in [-0.2, 0) is 9.59 Å². The fourth-order valence-corrected chi connectivity index (χ4v) is 2.70. The summed E-state index contributed by atoms with van der Waals surface area (Å²) in [5.41, 5.74) is -2.39. The second-order valence-electron chi connectivity index (χ2n) is 8.43. The number of carbonyl (C=O) groups is 2. The Bertz CT molecular complexity index is 526.